The van der Waals surface area contributed by atoms with Crippen LogP contribution in [0.2, 0.25) is 5.02 Å². The van der Waals surface area contributed by atoms with Gasteiger partial charge in [0.15, 0.2) is 15.6 Å². The number of rotatable bonds is 5. The molecule has 0 saturated heterocycles. The van der Waals surface area contributed by atoms with Gasteiger partial charge in [-0.1, -0.05) is 41.9 Å². The van der Waals surface area contributed by atoms with Crippen molar-refractivity contribution in [2.75, 3.05) is 6.26 Å². The van der Waals surface area contributed by atoms with Crippen LogP contribution < -0.4 is 0 Å². The van der Waals surface area contributed by atoms with Gasteiger partial charge in [0.25, 0.3) is 0 Å². The third-order valence-corrected chi connectivity index (χ3v) is 7.96. The van der Waals surface area contributed by atoms with E-state index in [4.69, 9.17) is 22.8 Å². The molecule has 0 radical (unpaired) electrons. The van der Waals surface area contributed by atoms with Gasteiger partial charge in [-0.25, -0.2) is 17.2 Å². The van der Waals surface area contributed by atoms with E-state index in [2.05, 4.69) is 0 Å². The Labute approximate surface area is 182 Å². The van der Waals surface area contributed by atoms with E-state index in [1.54, 1.807) is 30.3 Å². The molecule has 0 aromatic heterocycles. The summed E-state index contributed by atoms with van der Waals surface area (Å²) in [5, 5.41) is 9.80. The minimum atomic E-state index is -4.35. The second-order valence-electron chi connectivity index (χ2n) is 6.57. The van der Waals surface area contributed by atoms with Gasteiger partial charge in [0.2, 0.25) is 0 Å². The molecule has 1 N–H and O–H groups in total. The molecule has 0 spiro atoms. The van der Waals surface area contributed by atoms with E-state index >= 15 is 0 Å². The monoisotopic (exact) mass is 488 g/mol. The second kappa shape index (κ2) is 8.22. The molecule has 0 heterocycles. The first-order chi connectivity index (χ1) is 13.9. The average Bonchev–Trinajstić information content (AvgIpc) is 2.65. The Hall–Kier alpha value is -2.07. The molecule has 3 aromatic rings. The lowest BCUT2D eigenvalue weighted by Crippen LogP contribution is -2.09. The predicted molar refractivity (Wildman–Crippen MR) is 115 cm³/mol. The van der Waals surface area contributed by atoms with Crippen LogP contribution >= 0.6 is 11.6 Å². The van der Waals surface area contributed by atoms with Crippen molar-refractivity contribution in [2.24, 2.45) is 0 Å². The lowest BCUT2D eigenvalue weighted by Gasteiger charge is -2.13. The normalized spacial score (nSPS) is 13.7. The van der Waals surface area contributed by atoms with Crippen LogP contribution in [0.1, 0.15) is 5.56 Å². The van der Waals surface area contributed by atoms with Gasteiger partial charge in [-0.3, -0.25) is 4.21 Å². The topological polar surface area (TPSA) is 71.4 Å². The van der Waals surface area contributed by atoms with Crippen molar-refractivity contribution in [2.45, 2.75) is 15.5 Å². The Morgan fingerprint density at radius 3 is 2.23 bits per heavy atom. The van der Waals surface area contributed by atoms with E-state index in [1.807, 2.05) is 0 Å². The minimum Gasteiger partial charge on any atom is -0.505 e. The van der Waals surface area contributed by atoms with Crippen LogP contribution in [-0.4, -0.2) is 24.0 Å². The summed E-state index contributed by atoms with van der Waals surface area (Å²) in [4.78, 5) is -0.683. The van der Waals surface area contributed by atoms with E-state index in [0.717, 1.165) is 18.2 Å². The van der Waals surface area contributed by atoms with Crippen LogP contribution in [0.3, 0.4) is 0 Å². The zero-order valence-electron chi connectivity index (χ0n) is 15.4. The molecule has 0 aliphatic rings. The molecule has 0 fully saturated rings. The molecule has 10 heteroatoms. The summed E-state index contributed by atoms with van der Waals surface area (Å²) in [5.74, 6) is -3.54. The largest absolute Gasteiger partial charge is 0.505 e. The Kier molecular flexibility index (Phi) is 6.20. The summed E-state index contributed by atoms with van der Waals surface area (Å²) in [5.41, 5.74) is 0.172. The van der Waals surface area contributed by atoms with E-state index in [0.29, 0.717) is 11.6 Å². The number of hydrogen-bond acceptors (Lipinski definition) is 5. The van der Waals surface area contributed by atoms with Crippen molar-refractivity contribution in [1.82, 2.24) is 0 Å². The zero-order valence-corrected chi connectivity index (χ0v) is 18.6. The summed E-state index contributed by atoms with van der Waals surface area (Å²) in [6.45, 7) is 0. The van der Waals surface area contributed by atoms with Crippen LogP contribution in [0, 0.1) is 11.6 Å². The molecule has 3 rings (SSSR count). The fourth-order valence-electron chi connectivity index (χ4n) is 2.83. The van der Waals surface area contributed by atoms with Crippen molar-refractivity contribution >= 4 is 41.1 Å². The van der Waals surface area contributed by atoms with Crippen molar-refractivity contribution < 1.29 is 26.5 Å². The molecule has 0 saturated carbocycles. The summed E-state index contributed by atoms with van der Waals surface area (Å²) in [7, 11) is -7.36. The molecule has 0 bridgehead atoms. The molecule has 158 valence electrons. The van der Waals surface area contributed by atoms with Gasteiger partial charge in [0.1, 0.15) is 16.5 Å². The standard InChI is InChI=1S/C20H15ClF2O4S3/c1-29(25,28)14-8-16(21)20(24)19(9-14)30(26,27)11-13-7-15(18(23)10-17(13)22)12-5-3-2-4-6-12/h2-10,24H,11H2,1H3. The number of sulfone groups is 1. The van der Waals surface area contributed by atoms with Crippen LogP contribution in [0.25, 0.3) is 11.1 Å². The summed E-state index contributed by atoms with van der Waals surface area (Å²) in [6.07, 6.45) is 1.22. The van der Waals surface area contributed by atoms with Crippen LogP contribution in [0.15, 0.2) is 64.4 Å². The molecule has 30 heavy (non-hydrogen) atoms. The number of halogens is 3. The van der Waals surface area contributed by atoms with E-state index < -0.39 is 46.4 Å². The van der Waals surface area contributed by atoms with Gasteiger partial charge < -0.3 is 5.11 Å². The fraction of sp³-hybridized carbons (Fsp3) is 0.100. The molecular weight excluding hydrogens is 474 g/mol. The summed E-state index contributed by atoms with van der Waals surface area (Å²) in [6, 6.07) is 12.1. The van der Waals surface area contributed by atoms with E-state index in [9.17, 15) is 26.5 Å². The number of hydrogen-bond donors (Lipinski definition) is 1. The average molecular weight is 489 g/mol. The van der Waals surface area contributed by atoms with Gasteiger partial charge >= 0.3 is 0 Å². The van der Waals surface area contributed by atoms with Gasteiger partial charge in [0.05, 0.1) is 19.3 Å². The van der Waals surface area contributed by atoms with Gasteiger partial charge in [-0.05, 0) is 35.0 Å². The van der Waals surface area contributed by atoms with Crippen LogP contribution in [0.5, 0.6) is 5.75 Å². The number of benzene rings is 3. The Morgan fingerprint density at radius 2 is 1.63 bits per heavy atom. The van der Waals surface area contributed by atoms with E-state index in [1.165, 1.54) is 6.26 Å². The first-order valence-corrected chi connectivity index (χ1v) is 13.3. The molecule has 1 unspecified atom stereocenters. The first-order valence-electron chi connectivity index (χ1n) is 8.39. The maximum Gasteiger partial charge on any atom is 0.186 e. The first kappa shape index (κ1) is 22.6. The molecule has 0 aliphatic carbocycles. The Balaban J connectivity index is 2.12. The third kappa shape index (κ3) is 4.64. The van der Waals surface area contributed by atoms with Gasteiger partial charge in [-0.15, -0.1) is 0 Å². The fourth-order valence-corrected chi connectivity index (χ4v) is 5.69. The highest BCUT2D eigenvalue weighted by molar-refractivity contribution is 8.32. The molecule has 3 aromatic carbocycles. The Bertz CT molecular complexity index is 1340. The highest BCUT2D eigenvalue weighted by atomic mass is 35.5. The molecule has 1 atom stereocenters. The SMILES string of the molecule is CS(=O)(=S)c1cc(Cl)c(O)c(S(=O)(=O)Cc2cc(-c3ccccc3)c(F)cc2F)c1. The van der Waals surface area contributed by atoms with Crippen molar-refractivity contribution in [3.63, 3.8) is 0 Å². The molecule has 0 aliphatic heterocycles. The number of phenolic OH excluding ortho intramolecular Hbond substituents is 1. The summed E-state index contributed by atoms with van der Waals surface area (Å²) >= 11 is 10.7. The highest BCUT2D eigenvalue weighted by Crippen LogP contribution is 2.36. The lowest BCUT2D eigenvalue weighted by atomic mass is 10.0. The highest BCUT2D eigenvalue weighted by Gasteiger charge is 2.26. The quantitative estimate of drug-likeness (QED) is 0.563. The maximum atomic E-state index is 14.4. The smallest absolute Gasteiger partial charge is 0.186 e. The maximum absolute atomic E-state index is 14.4. The van der Waals surface area contributed by atoms with Crippen LogP contribution in [-0.2, 0) is 35.3 Å². The van der Waals surface area contributed by atoms with E-state index in [-0.39, 0.29) is 21.0 Å². The molecule has 0 amide bonds. The molecule has 4 nitrogen and oxygen atoms in total. The summed E-state index contributed by atoms with van der Waals surface area (Å²) < 4.78 is 66.7. The molecular formula is C20H15ClF2O4S3. The predicted octanol–water partition coefficient (Wildman–Crippen LogP) is 4.70. The number of aromatic hydroxyl groups is 1. The van der Waals surface area contributed by atoms with Crippen molar-refractivity contribution in [3.8, 4) is 16.9 Å². The Morgan fingerprint density at radius 1 is 1.00 bits per heavy atom. The zero-order chi connectivity index (χ0) is 22.3. The second-order valence-corrected chi connectivity index (χ2v) is 12.9. The van der Waals surface area contributed by atoms with Crippen molar-refractivity contribution in [1.29, 1.82) is 0 Å². The lowest BCUT2D eigenvalue weighted by molar-refractivity contribution is 0.458. The van der Waals surface area contributed by atoms with Gasteiger partial charge in [-0.2, -0.15) is 0 Å². The van der Waals surface area contributed by atoms with Crippen LogP contribution in [0.4, 0.5) is 8.78 Å². The number of phenols is 1. The van der Waals surface area contributed by atoms with Gasteiger partial charge in [0, 0.05) is 28.3 Å². The van der Waals surface area contributed by atoms with Crippen molar-refractivity contribution in [3.05, 3.63) is 76.8 Å². The minimum absolute atomic E-state index is 0.0281. The third-order valence-electron chi connectivity index (χ3n) is 4.33.